The third-order valence-electron chi connectivity index (χ3n) is 7.82. The first-order chi connectivity index (χ1) is 21.3. The van der Waals surface area contributed by atoms with E-state index < -0.39 is 17.6 Å². The molecule has 3 aromatic carbocycles. The lowest BCUT2D eigenvalue weighted by Gasteiger charge is -2.55. The molecule has 0 unspecified atom stereocenters. The Morgan fingerprint density at radius 3 is 2.11 bits per heavy atom. The van der Waals surface area contributed by atoms with E-state index in [2.05, 4.69) is 9.97 Å². The summed E-state index contributed by atoms with van der Waals surface area (Å²) in [6.45, 7) is -0.0427. The maximum absolute atomic E-state index is 14.1. The van der Waals surface area contributed by atoms with Crippen LogP contribution in [0.25, 0.3) is 0 Å². The number of nitrogens with zero attached hydrogens (tertiary/aromatic N) is 4. The van der Waals surface area contributed by atoms with Gasteiger partial charge in [-0.05, 0) is 41.5 Å². The van der Waals surface area contributed by atoms with E-state index in [4.69, 9.17) is 35.3 Å². The number of β-lactam (4-membered cyclic amide) rings is 1. The summed E-state index contributed by atoms with van der Waals surface area (Å²) in [5.41, 5.74) is 1.41. The number of rotatable bonds is 9. The van der Waals surface area contributed by atoms with Crippen molar-refractivity contribution in [1.29, 1.82) is 0 Å². The molecule has 0 aliphatic carbocycles. The van der Waals surface area contributed by atoms with Crippen LogP contribution in [0.3, 0.4) is 0 Å². The number of hydrogen-bond acceptors (Lipinski definition) is 9. The topological polar surface area (TPSA) is 113 Å². The van der Waals surface area contributed by atoms with Crippen LogP contribution in [0.5, 0.6) is 29.3 Å². The highest BCUT2D eigenvalue weighted by molar-refractivity contribution is 6.30. The first kappa shape index (κ1) is 29.1. The van der Waals surface area contributed by atoms with Gasteiger partial charge in [0.05, 0.1) is 46.7 Å². The second kappa shape index (κ2) is 11.6. The lowest BCUT2D eigenvalue weighted by Crippen LogP contribution is -2.74. The zero-order chi connectivity index (χ0) is 31.0. The Morgan fingerprint density at radius 2 is 1.50 bits per heavy atom. The van der Waals surface area contributed by atoms with Gasteiger partial charge in [0.2, 0.25) is 23.8 Å². The molecule has 3 heterocycles. The summed E-state index contributed by atoms with van der Waals surface area (Å²) in [7, 11) is 6.04. The van der Waals surface area contributed by atoms with Gasteiger partial charge in [-0.15, -0.1) is 0 Å². The predicted octanol–water partition coefficient (Wildman–Crippen LogP) is 4.24. The lowest BCUT2D eigenvalue weighted by atomic mass is 9.69. The van der Waals surface area contributed by atoms with Crippen molar-refractivity contribution in [3.63, 3.8) is 0 Å². The minimum atomic E-state index is -1.26. The fraction of sp³-hybridized carbons (Fsp3) is 0.250. The van der Waals surface area contributed by atoms with Gasteiger partial charge in [-0.2, -0.15) is 9.97 Å². The Morgan fingerprint density at radius 1 is 0.841 bits per heavy atom. The Labute approximate surface area is 258 Å². The number of methoxy groups -OCH3 is 4. The molecule has 2 amide bonds. The number of halogens is 1. The second-order valence-electron chi connectivity index (χ2n) is 10.2. The first-order valence-electron chi connectivity index (χ1n) is 13.7. The first-order valence-corrected chi connectivity index (χ1v) is 14.0. The number of amides is 2. The lowest BCUT2D eigenvalue weighted by molar-refractivity contribution is -0.178. The Kier molecular flexibility index (Phi) is 7.64. The second-order valence-corrected chi connectivity index (χ2v) is 10.6. The van der Waals surface area contributed by atoms with Crippen molar-refractivity contribution in [2.45, 2.75) is 18.2 Å². The third-order valence-corrected chi connectivity index (χ3v) is 8.05. The van der Waals surface area contributed by atoms with Crippen LogP contribution in [0.4, 0.5) is 5.69 Å². The fourth-order valence-electron chi connectivity index (χ4n) is 5.82. The Bertz CT molecular complexity index is 1690. The van der Waals surface area contributed by atoms with Crippen molar-refractivity contribution in [3.8, 4) is 29.3 Å². The summed E-state index contributed by atoms with van der Waals surface area (Å²) >= 11 is 6.62. The number of aromatic nitrogens is 2. The monoisotopic (exact) mass is 616 g/mol. The van der Waals surface area contributed by atoms with Gasteiger partial charge in [0, 0.05) is 16.7 Å². The van der Waals surface area contributed by atoms with Crippen molar-refractivity contribution in [1.82, 2.24) is 14.9 Å². The van der Waals surface area contributed by atoms with Gasteiger partial charge in [-0.25, -0.2) is 0 Å². The average molecular weight is 617 g/mol. The van der Waals surface area contributed by atoms with E-state index in [0.29, 0.717) is 27.8 Å². The van der Waals surface area contributed by atoms with E-state index in [0.717, 1.165) is 11.1 Å². The van der Waals surface area contributed by atoms with Gasteiger partial charge in [0.15, 0.2) is 0 Å². The van der Waals surface area contributed by atoms with Crippen molar-refractivity contribution in [3.05, 3.63) is 94.5 Å². The Balaban J connectivity index is 1.53. The number of carbonyl (C=O) groups excluding carboxylic acids is 2. The summed E-state index contributed by atoms with van der Waals surface area (Å²) in [5, 5.41) is 0.425. The van der Waals surface area contributed by atoms with Gasteiger partial charge < -0.3 is 33.5 Å². The number of benzene rings is 3. The molecule has 2 aliphatic rings. The zero-order valence-electron chi connectivity index (χ0n) is 24.4. The molecule has 0 bridgehead atoms. The molecule has 1 aromatic heterocycles. The molecule has 2 aliphatic heterocycles. The van der Waals surface area contributed by atoms with Crippen molar-refractivity contribution in [2.75, 3.05) is 39.9 Å². The Hall–Kier alpha value is -5.03. The van der Waals surface area contributed by atoms with Crippen LogP contribution in [0.15, 0.2) is 72.8 Å². The van der Waals surface area contributed by atoms with E-state index in [1.165, 1.54) is 25.2 Å². The van der Waals surface area contributed by atoms with Crippen LogP contribution < -0.4 is 28.6 Å². The maximum Gasteiger partial charge on any atom is 0.323 e. The molecular formula is C32H29ClN4O7. The van der Waals surface area contributed by atoms with Crippen molar-refractivity contribution in [2.24, 2.45) is 0 Å². The number of anilines is 1. The highest BCUT2D eigenvalue weighted by Crippen LogP contribution is 2.53. The van der Waals surface area contributed by atoms with Crippen LogP contribution >= 0.6 is 11.6 Å². The molecule has 0 N–H and O–H groups in total. The van der Waals surface area contributed by atoms with E-state index in [1.54, 1.807) is 43.4 Å². The molecule has 12 heteroatoms. The fourth-order valence-corrected chi connectivity index (χ4v) is 5.99. The highest BCUT2D eigenvalue weighted by atomic mass is 35.5. The summed E-state index contributed by atoms with van der Waals surface area (Å²) in [5.74, 6) is 0.856. The number of carbonyl (C=O) groups is 2. The van der Waals surface area contributed by atoms with Gasteiger partial charge in [-0.1, -0.05) is 41.9 Å². The van der Waals surface area contributed by atoms with Gasteiger partial charge in [-0.3, -0.25) is 9.59 Å². The molecule has 0 radical (unpaired) electrons. The smallest absolute Gasteiger partial charge is 0.323 e. The quantitative estimate of drug-likeness (QED) is 0.255. The molecule has 44 heavy (non-hydrogen) atoms. The van der Waals surface area contributed by atoms with Gasteiger partial charge >= 0.3 is 6.01 Å². The van der Waals surface area contributed by atoms with Crippen LogP contribution in [-0.4, -0.2) is 67.8 Å². The largest absolute Gasteiger partial charge is 0.497 e. The van der Waals surface area contributed by atoms with Crippen LogP contribution in [0.1, 0.15) is 16.7 Å². The predicted molar refractivity (Wildman–Crippen MR) is 161 cm³/mol. The molecule has 1 fully saturated rings. The van der Waals surface area contributed by atoms with E-state index >= 15 is 0 Å². The molecule has 6 rings (SSSR count). The van der Waals surface area contributed by atoms with E-state index in [1.807, 2.05) is 42.5 Å². The van der Waals surface area contributed by atoms with Gasteiger partial charge in [0.1, 0.15) is 23.6 Å². The molecule has 4 aromatic rings. The average Bonchev–Trinajstić information content (AvgIpc) is 3.14. The number of fused-ring (bicyclic) bond motifs is 3. The maximum atomic E-state index is 14.1. The van der Waals surface area contributed by atoms with E-state index in [9.17, 15) is 9.59 Å². The van der Waals surface area contributed by atoms with Crippen LogP contribution in [-0.2, 0) is 21.7 Å². The summed E-state index contributed by atoms with van der Waals surface area (Å²) in [6.07, 6.45) is -1.15. The summed E-state index contributed by atoms with van der Waals surface area (Å²) < 4.78 is 27.8. The SMILES string of the molecule is COc1cc(CN2C(=O)CN3C(=O)[C@@H](Oc4nc(OC)cc(OC)n4)[C@]3(c3ccccc3)c3cc(Cl)ccc32)cc(OC)c1. The van der Waals surface area contributed by atoms with E-state index in [-0.39, 0.29) is 36.8 Å². The van der Waals surface area contributed by atoms with Crippen LogP contribution in [0, 0.1) is 0 Å². The minimum Gasteiger partial charge on any atom is -0.497 e. The number of ether oxygens (including phenoxy) is 5. The zero-order valence-corrected chi connectivity index (χ0v) is 25.2. The molecular weight excluding hydrogens is 588 g/mol. The molecule has 2 atom stereocenters. The van der Waals surface area contributed by atoms with Crippen LogP contribution in [0.2, 0.25) is 5.02 Å². The summed E-state index contributed by atoms with van der Waals surface area (Å²) in [6, 6.07) is 21.5. The molecule has 0 saturated carbocycles. The normalized spacial score (nSPS) is 18.9. The van der Waals surface area contributed by atoms with Crippen molar-refractivity contribution < 1.29 is 33.3 Å². The summed E-state index contributed by atoms with van der Waals surface area (Å²) in [4.78, 5) is 39.8. The molecule has 1 saturated heterocycles. The van der Waals surface area contributed by atoms with Crippen molar-refractivity contribution >= 4 is 29.1 Å². The molecule has 11 nitrogen and oxygen atoms in total. The third kappa shape index (κ3) is 4.79. The van der Waals surface area contributed by atoms with Gasteiger partial charge in [0.25, 0.3) is 5.91 Å². The molecule has 226 valence electrons. The molecule has 0 spiro atoms. The minimum absolute atomic E-state index is 0.117. The highest BCUT2D eigenvalue weighted by Gasteiger charge is 2.67. The number of hydrogen-bond donors (Lipinski definition) is 0. The standard InChI is InChI=1S/C32H29ClN4O7/c1-40-22-12-19(13-23(15-22)41-2)17-36-25-11-10-21(33)14-24(25)32(20-8-6-5-7-9-20)29(30(39)37(32)18-28(36)38)44-31-34-26(42-3)16-27(35-31)43-4/h5-16,29H,17-18H2,1-4H3/t29-,32+/m1/s1.